The molecule has 4 aromatic rings. The number of benzene rings is 4. The minimum absolute atomic E-state index is 0.148. The smallest absolute Gasteiger partial charge is 0.127 e. The fraction of sp³-hybridized carbons (Fsp3) is 0.294. The Morgan fingerprint density at radius 1 is 0.611 bits per heavy atom. The van der Waals surface area contributed by atoms with Gasteiger partial charge < -0.3 is 9.47 Å². The van der Waals surface area contributed by atoms with E-state index < -0.39 is 0 Å². The van der Waals surface area contributed by atoms with E-state index in [9.17, 15) is 0 Å². The van der Waals surface area contributed by atoms with Crippen molar-refractivity contribution in [1.29, 1.82) is 0 Å². The molecule has 0 unspecified atom stereocenters. The summed E-state index contributed by atoms with van der Waals surface area (Å²) >= 11 is 0. The largest absolute Gasteiger partial charge is 0.457 e. The van der Waals surface area contributed by atoms with E-state index in [1.54, 1.807) is 0 Å². The maximum Gasteiger partial charge on any atom is 0.127 e. The first-order chi connectivity index (χ1) is 17.2. The van der Waals surface area contributed by atoms with E-state index in [0.29, 0.717) is 5.92 Å². The second-order valence-corrected chi connectivity index (χ2v) is 10.5. The van der Waals surface area contributed by atoms with Crippen molar-refractivity contribution >= 4 is 0 Å². The Bertz CT molecular complexity index is 1310. The lowest BCUT2D eigenvalue weighted by Crippen LogP contribution is -2.18. The molecule has 0 heterocycles. The van der Waals surface area contributed by atoms with E-state index in [0.717, 1.165) is 29.4 Å². The van der Waals surface area contributed by atoms with Crippen LogP contribution < -0.4 is 9.47 Å². The number of rotatable bonds is 8. The number of aryl methyl sites for hydroxylation is 3. The molecule has 0 saturated heterocycles. The Kier molecular flexibility index (Phi) is 7.54. The van der Waals surface area contributed by atoms with Crippen molar-refractivity contribution in [2.24, 2.45) is 0 Å². The molecule has 0 saturated carbocycles. The van der Waals surface area contributed by atoms with Gasteiger partial charge in [-0.15, -0.1) is 0 Å². The van der Waals surface area contributed by atoms with Crippen LogP contribution in [0.2, 0.25) is 0 Å². The summed E-state index contributed by atoms with van der Waals surface area (Å²) in [5.74, 6) is 3.93. The van der Waals surface area contributed by atoms with Crippen molar-refractivity contribution in [3.63, 3.8) is 0 Å². The summed E-state index contributed by atoms with van der Waals surface area (Å²) in [6.07, 6.45) is 1.04. The van der Waals surface area contributed by atoms with Gasteiger partial charge in [-0.3, -0.25) is 0 Å². The van der Waals surface area contributed by atoms with Crippen molar-refractivity contribution in [3.05, 3.63) is 118 Å². The summed E-state index contributed by atoms with van der Waals surface area (Å²) in [7, 11) is 0. The monoisotopic (exact) mass is 478 g/mol. The van der Waals surface area contributed by atoms with Crippen LogP contribution in [0.4, 0.5) is 0 Å². The Balaban J connectivity index is 1.46. The number of hydrogen-bond acceptors (Lipinski definition) is 2. The predicted molar refractivity (Wildman–Crippen MR) is 151 cm³/mol. The zero-order chi connectivity index (χ0) is 25.9. The molecule has 0 spiro atoms. The first-order valence-electron chi connectivity index (χ1n) is 12.9. The molecule has 2 heteroatoms. The molecule has 186 valence electrons. The summed E-state index contributed by atoms with van der Waals surface area (Å²) in [6.45, 7) is 15.4. The first-order valence-corrected chi connectivity index (χ1v) is 12.9. The van der Waals surface area contributed by atoms with Gasteiger partial charge in [-0.1, -0.05) is 71.0 Å². The van der Waals surface area contributed by atoms with Crippen LogP contribution in [0.3, 0.4) is 0 Å². The molecule has 0 bridgehead atoms. The molecular weight excluding hydrogens is 440 g/mol. The lowest BCUT2D eigenvalue weighted by Gasteiger charge is -2.26. The molecule has 4 aromatic carbocycles. The molecule has 0 aliphatic heterocycles. The van der Waals surface area contributed by atoms with Crippen LogP contribution in [0.25, 0.3) is 0 Å². The van der Waals surface area contributed by atoms with E-state index in [1.807, 2.05) is 12.1 Å². The SMILES string of the molecule is CCc1ccc(Oc2ccc(C(C)(C)c3ccc(Oc4ccc(C)c(C(C)C)c4)cc3)cc2)cc1C. The average molecular weight is 479 g/mol. The molecule has 36 heavy (non-hydrogen) atoms. The van der Waals surface area contributed by atoms with Gasteiger partial charge >= 0.3 is 0 Å². The minimum atomic E-state index is -0.148. The summed E-state index contributed by atoms with van der Waals surface area (Å²) in [6, 6.07) is 29.5. The van der Waals surface area contributed by atoms with Crippen LogP contribution >= 0.6 is 0 Å². The Labute approximate surface area is 216 Å². The number of hydrogen-bond donors (Lipinski definition) is 0. The van der Waals surface area contributed by atoms with Gasteiger partial charge in [-0.05, 0) is 108 Å². The van der Waals surface area contributed by atoms with Gasteiger partial charge in [0.05, 0.1) is 0 Å². The highest BCUT2D eigenvalue weighted by atomic mass is 16.5. The summed E-state index contributed by atoms with van der Waals surface area (Å²) in [4.78, 5) is 0. The van der Waals surface area contributed by atoms with Gasteiger partial charge in [0, 0.05) is 5.41 Å². The lowest BCUT2D eigenvalue weighted by atomic mass is 9.78. The first kappa shape index (κ1) is 25.6. The summed E-state index contributed by atoms with van der Waals surface area (Å²) < 4.78 is 12.3. The molecule has 4 rings (SSSR count). The molecule has 0 N–H and O–H groups in total. The van der Waals surface area contributed by atoms with E-state index in [-0.39, 0.29) is 5.41 Å². The molecule has 0 amide bonds. The zero-order valence-corrected chi connectivity index (χ0v) is 22.7. The van der Waals surface area contributed by atoms with Crippen LogP contribution in [-0.4, -0.2) is 0 Å². The summed E-state index contributed by atoms with van der Waals surface area (Å²) in [5, 5.41) is 0. The third kappa shape index (κ3) is 5.65. The topological polar surface area (TPSA) is 18.5 Å². The Morgan fingerprint density at radius 2 is 1.08 bits per heavy atom. The Morgan fingerprint density at radius 3 is 1.56 bits per heavy atom. The molecule has 0 aromatic heterocycles. The highest BCUT2D eigenvalue weighted by Gasteiger charge is 2.23. The number of ether oxygens (including phenoxy) is 2. The van der Waals surface area contributed by atoms with E-state index in [1.165, 1.54) is 33.4 Å². The van der Waals surface area contributed by atoms with Crippen molar-refractivity contribution in [1.82, 2.24) is 0 Å². The molecule has 0 aliphatic rings. The maximum absolute atomic E-state index is 6.18. The molecule has 0 fully saturated rings. The molecule has 2 nitrogen and oxygen atoms in total. The second kappa shape index (κ2) is 10.6. The van der Waals surface area contributed by atoms with Gasteiger partial charge in [-0.25, -0.2) is 0 Å². The van der Waals surface area contributed by atoms with E-state index in [2.05, 4.69) is 121 Å². The standard InChI is InChI=1S/C34H38O2/c1-8-26-10-16-31(21-25(26)5)35-29-17-11-27(12-18-29)34(6,7)28-13-19-30(20-14-28)36-32-15-9-24(4)33(22-32)23(2)3/h9-23H,8H2,1-7H3. The van der Waals surface area contributed by atoms with Crippen LogP contribution in [0.1, 0.15) is 73.9 Å². The second-order valence-electron chi connectivity index (χ2n) is 10.5. The quantitative estimate of drug-likeness (QED) is 0.251. The van der Waals surface area contributed by atoms with Crippen LogP contribution in [0, 0.1) is 13.8 Å². The molecular formula is C34H38O2. The molecule has 0 aliphatic carbocycles. The third-order valence-electron chi connectivity index (χ3n) is 7.19. The maximum atomic E-state index is 6.18. The van der Waals surface area contributed by atoms with E-state index >= 15 is 0 Å². The highest BCUT2D eigenvalue weighted by Crippen LogP contribution is 2.35. The van der Waals surface area contributed by atoms with Gasteiger partial charge in [0.25, 0.3) is 0 Å². The van der Waals surface area contributed by atoms with Crippen LogP contribution in [0.15, 0.2) is 84.9 Å². The van der Waals surface area contributed by atoms with Gasteiger partial charge in [-0.2, -0.15) is 0 Å². The Hall–Kier alpha value is -3.52. The molecule has 0 radical (unpaired) electrons. The van der Waals surface area contributed by atoms with Crippen LogP contribution in [-0.2, 0) is 11.8 Å². The van der Waals surface area contributed by atoms with E-state index in [4.69, 9.17) is 9.47 Å². The fourth-order valence-electron chi connectivity index (χ4n) is 4.75. The highest BCUT2D eigenvalue weighted by molar-refractivity contribution is 5.45. The normalized spacial score (nSPS) is 11.6. The van der Waals surface area contributed by atoms with Crippen LogP contribution in [0.5, 0.6) is 23.0 Å². The van der Waals surface area contributed by atoms with Crippen molar-refractivity contribution in [3.8, 4) is 23.0 Å². The third-order valence-corrected chi connectivity index (χ3v) is 7.19. The van der Waals surface area contributed by atoms with Gasteiger partial charge in [0.15, 0.2) is 0 Å². The van der Waals surface area contributed by atoms with Crippen molar-refractivity contribution < 1.29 is 9.47 Å². The predicted octanol–water partition coefficient (Wildman–Crippen LogP) is 9.90. The van der Waals surface area contributed by atoms with Crippen molar-refractivity contribution in [2.75, 3.05) is 0 Å². The molecule has 0 atom stereocenters. The summed E-state index contributed by atoms with van der Waals surface area (Å²) in [5.41, 5.74) is 7.58. The van der Waals surface area contributed by atoms with Gasteiger partial charge in [0.2, 0.25) is 0 Å². The average Bonchev–Trinajstić information content (AvgIpc) is 2.86. The minimum Gasteiger partial charge on any atom is -0.457 e. The van der Waals surface area contributed by atoms with Gasteiger partial charge in [0.1, 0.15) is 23.0 Å². The van der Waals surface area contributed by atoms with Crippen molar-refractivity contribution in [2.45, 2.75) is 66.2 Å². The zero-order valence-electron chi connectivity index (χ0n) is 22.7. The lowest BCUT2D eigenvalue weighted by molar-refractivity contribution is 0.480. The fourth-order valence-corrected chi connectivity index (χ4v) is 4.75.